The van der Waals surface area contributed by atoms with Crippen LogP contribution in [-0.4, -0.2) is 29.7 Å². The summed E-state index contributed by atoms with van der Waals surface area (Å²) >= 11 is 0. The number of benzene rings is 2. The van der Waals surface area contributed by atoms with Gasteiger partial charge < -0.3 is 15.0 Å². The molecule has 0 radical (unpaired) electrons. The van der Waals surface area contributed by atoms with E-state index in [-0.39, 0.29) is 11.8 Å². The fourth-order valence-corrected chi connectivity index (χ4v) is 4.40. The zero-order valence-corrected chi connectivity index (χ0v) is 16.0. The Morgan fingerprint density at radius 3 is 2.61 bits per heavy atom. The maximum absolute atomic E-state index is 12.6. The lowest BCUT2D eigenvalue weighted by Crippen LogP contribution is -2.28. The molecular formula is C23H25N3O2. The van der Waals surface area contributed by atoms with Crippen LogP contribution in [0.2, 0.25) is 0 Å². The molecule has 5 nitrogen and oxygen atoms in total. The normalized spacial score (nSPS) is 18.7. The van der Waals surface area contributed by atoms with Crippen molar-refractivity contribution in [1.29, 1.82) is 0 Å². The summed E-state index contributed by atoms with van der Waals surface area (Å²) in [6, 6.07) is 13.8. The number of hydrogen-bond donors (Lipinski definition) is 1. The average Bonchev–Trinajstić information content (AvgIpc) is 3.40. The lowest BCUT2D eigenvalue weighted by atomic mass is 10.1. The van der Waals surface area contributed by atoms with Crippen LogP contribution in [0.25, 0.3) is 0 Å². The predicted octanol–water partition coefficient (Wildman–Crippen LogP) is 5.10. The van der Waals surface area contributed by atoms with Crippen LogP contribution in [0.4, 0.5) is 11.4 Å². The molecule has 0 aromatic heterocycles. The number of anilines is 1. The van der Waals surface area contributed by atoms with E-state index in [9.17, 15) is 4.79 Å². The largest absolute Gasteiger partial charge is 0.454 e. The Hall–Kier alpha value is -2.82. The van der Waals surface area contributed by atoms with E-state index in [2.05, 4.69) is 10.2 Å². The molecule has 0 spiro atoms. The Labute approximate surface area is 165 Å². The molecule has 0 unspecified atom stereocenters. The Balaban J connectivity index is 1.52. The van der Waals surface area contributed by atoms with Crippen molar-refractivity contribution >= 4 is 23.1 Å². The minimum atomic E-state index is 0.134. The van der Waals surface area contributed by atoms with Gasteiger partial charge in [-0.3, -0.25) is 4.79 Å². The number of nitrogens with one attached hydrogen (secondary N) is 1. The van der Waals surface area contributed by atoms with Crippen LogP contribution in [0, 0.1) is 5.92 Å². The first-order valence-electron chi connectivity index (χ1n) is 10.3. The van der Waals surface area contributed by atoms with Crippen molar-refractivity contribution < 1.29 is 9.53 Å². The molecule has 5 rings (SSSR count). The van der Waals surface area contributed by atoms with E-state index >= 15 is 0 Å². The minimum Gasteiger partial charge on any atom is -0.454 e. The van der Waals surface area contributed by atoms with Crippen LogP contribution in [0.5, 0.6) is 11.5 Å². The molecule has 5 heteroatoms. The molecule has 28 heavy (non-hydrogen) atoms. The number of likely N-dealkylation sites (tertiary alicyclic amines) is 1. The van der Waals surface area contributed by atoms with E-state index in [4.69, 9.17) is 9.73 Å². The molecule has 144 valence electrons. The molecule has 0 atom stereocenters. The summed E-state index contributed by atoms with van der Waals surface area (Å²) in [5.74, 6) is 2.77. The van der Waals surface area contributed by atoms with Gasteiger partial charge in [-0.1, -0.05) is 25.0 Å². The van der Waals surface area contributed by atoms with Crippen LogP contribution in [0.1, 0.15) is 44.1 Å². The third kappa shape index (κ3) is 3.26. The van der Waals surface area contributed by atoms with Crippen molar-refractivity contribution in [3.8, 4) is 11.5 Å². The minimum absolute atomic E-state index is 0.134. The lowest BCUT2D eigenvalue weighted by molar-refractivity contribution is -0.119. The summed E-state index contributed by atoms with van der Waals surface area (Å²) in [4.78, 5) is 19.9. The third-order valence-electron chi connectivity index (χ3n) is 5.93. The Morgan fingerprint density at radius 1 is 1.00 bits per heavy atom. The number of amidine groups is 1. The number of amides is 1. The molecule has 1 N–H and O–H groups in total. The maximum Gasteiger partial charge on any atom is 0.227 e. The van der Waals surface area contributed by atoms with Crippen LogP contribution >= 0.6 is 0 Å². The highest BCUT2D eigenvalue weighted by Gasteiger charge is 2.26. The first-order valence-corrected chi connectivity index (χ1v) is 10.3. The van der Waals surface area contributed by atoms with Crippen molar-refractivity contribution in [1.82, 2.24) is 4.90 Å². The molecule has 2 fully saturated rings. The lowest BCUT2D eigenvalue weighted by Gasteiger charge is -2.21. The van der Waals surface area contributed by atoms with E-state index in [0.29, 0.717) is 0 Å². The predicted molar refractivity (Wildman–Crippen MR) is 111 cm³/mol. The maximum atomic E-state index is 12.6. The van der Waals surface area contributed by atoms with Crippen molar-refractivity contribution in [3.63, 3.8) is 0 Å². The van der Waals surface area contributed by atoms with Crippen molar-refractivity contribution in [3.05, 3.63) is 48.0 Å². The van der Waals surface area contributed by atoms with Crippen LogP contribution in [-0.2, 0) is 4.79 Å². The van der Waals surface area contributed by atoms with Crippen LogP contribution in [0.15, 0.2) is 47.5 Å². The molecule has 1 saturated carbocycles. The van der Waals surface area contributed by atoms with Gasteiger partial charge in [-0.15, -0.1) is 0 Å². The number of aliphatic imine (C=N–C) groups is 1. The van der Waals surface area contributed by atoms with Gasteiger partial charge in [0.15, 0.2) is 5.75 Å². The van der Waals surface area contributed by atoms with E-state index in [0.717, 1.165) is 73.0 Å². The van der Waals surface area contributed by atoms with Gasteiger partial charge in [-0.05, 0) is 56.0 Å². The van der Waals surface area contributed by atoms with Gasteiger partial charge in [0.2, 0.25) is 5.91 Å². The number of ether oxygens (including phenoxy) is 1. The van der Waals surface area contributed by atoms with Gasteiger partial charge >= 0.3 is 0 Å². The fourth-order valence-electron chi connectivity index (χ4n) is 4.40. The number of fused-ring (bicyclic) bond motifs is 2. The number of rotatable bonds is 2. The summed E-state index contributed by atoms with van der Waals surface area (Å²) in [7, 11) is 0. The van der Waals surface area contributed by atoms with Gasteiger partial charge in [0.1, 0.15) is 17.3 Å². The SMILES string of the molecule is O=C(Nc1ccc2c(c1)C(N1CCCC1)=Nc1ccccc1O2)C1CCCC1. The molecule has 2 heterocycles. The monoisotopic (exact) mass is 375 g/mol. The molecule has 1 saturated heterocycles. The number of carbonyl (C=O) groups excluding carboxylic acids is 1. The van der Waals surface area contributed by atoms with Crippen molar-refractivity contribution in [2.24, 2.45) is 10.9 Å². The van der Waals surface area contributed by atoms with Crippen molar-refractivity contribution in [2.45, 2.75) is 38.5 Å². The zero-order chi connectivity index (χ0) is 18.9. The Morgan fingerprint density at radius 2 is 1.79 bits per heavy atom. The number of carbonyl (C=O) groups is 1. The van der Waals surface area contributed by atoms with Gasteiger partial charge in [0.05, 0.1) is 5.56 Å². The summed E-state index contributed by atoms with van der Waals surface area (Å²) in [6.45, 7) is 2.00. The second kappa shape index (κ2) is 7.30. The van der Waals surface area contributed by atoms with Crippen LogP contribution in [0.3, 0.4) is 0 Å². The van der Waals surface area contributed by atoms with Gasteiger partial charge in [0.25, 0.3) is 0 Å². The fraction of sp³-hybridized carbons (Fsp3) is 0.391. The first-order chi connectivity index (χ1) is 13.8. The van der Waals surface area contributed by atoms with E-state index < -0.39 is 0 Å². The number of hydrogen-bond acceptors (Lipinski definition) is 4. The average molecular weight is 375 g/mol. The second-order valence-electron chi connectivity index (χ2n) is 7.88. The first kappa shape index (κ1) is 17.3. The standard InChI is InChI=1S/C23H25N3O2/c27-23(16-7-1-2-8-16)24-17-11-12-20-18(15-17)22(26-13-5-6-14-26)25-19-9-3-4-10-21(19)28-20/h3-4,9-12,15-16H,1-2,5-8,13-14H2,(H,24,27). The second-order valence-corrected chi connectivity index (χ2v) is 7.88. The topological polar surface area (TPSA) is 53.9 Å². The Kier molecular flexibility index (Phi) is 4.51. The molecule has 2 aromatic rings. The highest BCUT2D eigenvalue weighted by molar-refractivity contribution is 6.05. The third-order valence-corrected chi connectivity index (χ3v) is 5.93. The molecule has 0 bridgehead atoms. The highest BCUT2D eigenvalue weighted by Crippen LogP contribution is 2.39. The van der Waals surface area contributed by atoms with Crippen molar-refractivity contribution in [2.75, 3.05) is 18.4 Å². The van der Waals surface area contributed by atoms with Gasteiger partial charge in [-0.25, -0.2) is 4.99 Å². The zero-order valence-electron chi connectivity index (χ0n) is 16.0. The highest BCUT2D eigenvalue weighted by atomic mass is 16.5. The molecule has 1 amide bonds. The molecule has 3 aliphatic rings. The smallest absolute Gasteiger partial charge is 0.227 e. The molecular weight excluding hydrogens is 350 g/mol. The van der Waals surface area contributed by atoms with Crippen LogP contribution < -0.4 is 10.1 Å². The molecule has 2 aliphatic heterocycles. The molecule has 1 aliphatic carbocycles. The summed E-state index contributed by atoms with van der Waals surface area (Å²) in [6.07, 6.45) is 6.65. The van der Waals surface area contributed by atoms with E-state index in [1.165, 1.54) is 12.8 Å². The number of nitrogens with zero attached hydrogens (tertiary/aromatic N) is 2. The van der Waals surface area contributed by atoms with E-state index in [1.807, 2.05) is 42.5 Å². The summed E-state index contributed by atoms with van der Waals surface area (Å²) in [5, 5.41) is 3.12. The van der Waals surface area contributed by atoms with E-state index in [1.54, 1.807) is 0 Å². The number of para-hydroxylation sites is 2. The molecule has 2 aromatic carbocycles. The summed E-state index contributed by atoms with van der Waals surface area (Å²) < 4.78 is 6.20. The summed E-state index contributed by atoms with van der Waals surface area (Å²) in [5.41, 5.74) is 2.61. The van der Waals surface area contributed by atoms with Gasteiger partial charge in [-0.2, -0.15) is 0 Å². The Bertz CT molecular complexity index is 925. The quantitative estimate of drug-likeness (QED) is 0.795. The van der Waals surface area contributed by atoms with Gasteiger partial charge in [0, 0.05) is 24.7 Å².